The number of methoxy groups -OCH3 is 1. The summed E-state index contributed by atoms with van der Waals surface area (Å²) in [5, 5.41) is 0. The quantitative estimate of drug-likeness (QED) is 0.491. The highest BCUT2D eigenvalue weighted by Crippen LogP contribution is 1.99. The lowest BCUT2D eigenvalue weighted by Gasteiger charge is -2.23. The van der Waals surface area contributed by atoms with Crippen molar-refractivity contribution in [3.8, 4) is 0 Å². The first-order chi connectivity index (χ1) is 5.49. The number of rotatable bonds is 3. The molecule has 0 rings (SSSR count). The molecule has 0 saturated heterocycles. The molecule has 0 aromatic heterocycles. The number of nitrogens with zero attached hydrogens (tertiary/aromatic N) is 1. The molecule has 0 aliphatic carbocycles. The van der Waals surface area contributed by atoms with Gasteiger partial charge in [0.1, 0.15) is 5.82 Å². The molecule has 12 heavy (non-hydrogen) atoms. The van der Waals surface area contributed by atoms with Crippen LogP contribution in [0, 0.1) is 0 Å². The second kappa shape index (κ2) is 4.64. The Balaban J connectivity index is 4.26. The SMILES string of the molecule is COC(=O)C=C(N)N(C)C(C)C. The third-order valence-corrected chi connectivity index (χ3v) is 1.65. The van der Waals surface area contributed by atoms with Gasteiger partial charge in [-0.25, -0.2) is 4.79 Å². The predicted octanol–water partition coefficient (Wildman–Crippen LogP) is 0.300. The zero-order valence-electron chi connectivity index (χ0n) is 8.00. The summed E-state index contributed by atoms with van der Waals surface area (Å²) in [4.78, 5) is 12.5. The summed E-state index contributed by atoms with van der Waals surface area (Å²) in [5.74, 6) is -0.0168. The molecule has 70 valence electrons. The first-order valence-electron chi connectivity index (χ1n) is 3.77. The molecule has 0 spiro atoms. The minimum atomic E-state index is -0.431. The van der Waals surface area contributed by atoms with Gasteiger partial charge >= 0.3 is 5.97 Å². The van der Waals surface area contributed by atoms with E-state index < -0.39 is 5.97 Å². The highest BCUT2D eigenvalue weighted by Gasteiger charge is 2.05. The maximum atomic E-state index is 10.7. The largest absolute Gasteiger partial charge is 0.466 e. The topological polar surface area (TPSA) is 55.6 Å². The van der Waals surface area contributed by atoms with Crippen LogP contribution < -0.4 is 5.73 Å². The smallest absolute Gasteiger partial charge is 0.334 e. The Bertz CT molecular complexity index is 187. The zero-order chi connectivity index (χ0) is 9.72. The fourth-order valence-corrected chi connectivity index (χ4v) is 0.580. The van der Waals surface area contributed by atoms with Crippen molar-refractivity contribution in [1.29, 1.82) is 0 Å². The van der Waals surface area contributed by atoms with Gasteiger partial charge in [0.15, 0.2) is 0 Å². The van der Waals surface area contributed by atoms with Gasteiger partial charge in [0.25, 0.3) is 0 Å². The molecule has 0 heterocycles. The van der Waals surface area contributed by atoms with Crippen molar-refractivity contribution in [2.45, 2.75) is 19.9 Å². The zero-order valence-corrected chi connectivity index (χ0v) is 8.00. The van der Waals surface area contributed by atoms with Crippen LogP contribution in [0.1, 0.15) is 13.8 Å². The van der Waals surface area contributed by atoms with Crippen LogP contribution >= 0.6 is 0 Å². The Morgan fingerprint density at radius 3 is 2.42 bits per heavy atom. The monoisotopic (exact) mass is 172 g/mol. The van der Waals surface area contributed by atoms with E-state index in [0.29, 0.717) is 5.82 Å². The Kier molecular flexibility index (Phi) is 4.18. The third-order valence-electron chi connectivity index (χ3n) is 1.65. The van der Waals surface area contributed by atoms with E-state index in [4.69, 9.17) is 5.73 Å². The van der Waals surface area contributed by atoms with Gasteiger partial charge in [-0.05, 0) is 13.8 Å². The van der Waals surface area contributed by atoms with Crippen LogP contribution in [0.25, 0.3) is 0 Å². The molecule has 0 unspecified atom stereocenters. The minimum absolute atomic E-state index is 0.269. The molecule has 0 aromatic rings. The first-order valence-corrected chi connectivity index (χ1v) is 3.77. The van der Waals surface area contributed by atoms with Crippen molar-refractivity contribution in [3.05, 3.63) is 11.9 Å². The van der Waals surface area contributed by atoms with E-state index in [2.05, 4.69) is 4.74 Å². The van der Waals surface area contributed by atoms with Gasteiger partial charge < -0.3 is 15.4 Å². The molecule has 0 atom stereocenters. The second-order valence-electron chi connectivity index (χ2n) is 2.80. The molecule has 2 N–H and O–H groups in total. The van der Waals surface area contributed by atoms with Gasteiger partial charge in [0.2, 0.25) is 0 Å². The van der Waals surface area contributed by atoms with Gasteiger partial charge in [-0.2, -0.15) is 0 Å². The fraction of sp³-hybridized carbons (Fsp3) is 0.625. The summed E-state index contributed by atoms with van der Waals surface area (Å²) in [7, 11) is 3.14. The number of esters is 1. The molecule has 0 aliphatic heterocycles. The lowest BCUT2D eigenvalue weighted by molar-refractivity contribution is -0.135. The Morgan fingerprint density at radius 1 is 1.58 bits per heavy atom. The molecule has 0 aromatic carbocycles. The molecular weight excluding hydrogens is 156 g/mol. The van der Waals surface area contributed by atoms with Crippen LogP contribution in [0.2, 0.25) is 0 Å². The molecule has 0 aliphatic rings. The molecule has 0 saturated carbocycles. The number of nitrogens with two attached hydrogens (primary N) is 1. The van der Waals surface area contributed by atoms with Crippen LogP contribution in [-0.4, -0.2) is 31.1 Å². The van der Waals surface area contributed by atoms with Crippen LogP contribution in [0.5, 0.6) is 0 Å². The maximum absolute atomic E-state index is 10.7. The van der Waals surface area contributed by atoms with E-state index >= 15 is 0 Å². The highest BCUT2D eigenvalue weighted by atomic mass is 16.5. The summed E-state index contributed by atoms with van der Waals surface area (Å²) in [6.45, 7) is 3.97. The first kappa shape index (κ1) is 10.8. The minimum Gasteiger partial charge on any atom is -0.466 e. The van der Waals surface area contributed by atoms with E-state index in [1.54, 1.807) is 4.90 Å². The van der Waals surface area contributed by atoms with Crippen LogP contribution in [-0.2, 0) is 9.53 Å². The summed E-state index contributed by atoms with van der Waals surface area (Å²) in [6, 6.07) is 0.269. The average molecular weight is 172 g/mol. The molecule has 0 bridgehead atoms. The van der Waals surface area contributed by atoms with Gasteiger partial charge in [-0.15, -0.1) is 0 Å². The summed E-state index contributed by atoms with van der Waals surface area (Å²) < 4.78 is 4.43. The summed E-state index contributed by atoms with van der Waals surface area (Å²) in [5.41, 5.74) is 5.58. The van der Waals surface area contributed by atoms with E-state index in [0.717, 1.165) is 0 Å². The van der Waals surface area contributed by atoms with Crippen molar-refractivity contribution < 1.29 is 9.53 Å². The van der Waals surface area contributed by atoms with Gasteiger partial charge in [0.05, 0.1) is 13.2 Å². The average Bonchev–Trinajstić information content (AvgIpc) is 2.02. The van der Waals surface area contributed by atoms with Gasteiger partial charge in [-0.1, -0.05) is 0 Å². The fourth-order valence-electron chi connectivity index (χ4n) is 0.580. The van der Waals surface area contributed by atoms with Crippen molar-refractivity contribution in [1.82, 2.24) is 4.90 Å². The number of carbonyl (C=O) groups is 1. The van der Waals surface area contributed by atoms with Gasteiger partial charge in [0, 0.05) is 13.1 Å². The van der Waals surface area contributed by atoms with Crippen LogP contribution in [0.15, 0.2) is 11.9 Å². The summed E-state index contributed by atoms with van der Waals surface area (Å²) >= 11 is 0. The normalized spacial score (nSPS) is 11.6. The van der Waals surface area contributed by atoms with E-state index in [1.807, 2.05) is 20.9 Å². The molecule has 4 heteroatoms. The Hall–Kier alpha value is -1.19. The third kappa shape index (κ3) is 3.27. The molecular formula is C8H16N2O2. The van der Waals surface area contributed by atoms with Crippen LogP contribution in [0.4, 0.5) is 0 Å². The highest BCUT2D eigenvalue weighted by molar-refractivity contribution is 5.82. The number of hydrogen-bond donors (Lipinski definition) is 1. The van der Waals surface area contributed by atoms with Gasteiger partial charge in [-0.3, -0.25) is 0 Å². The lowest BCUT2D eigenvalue weighted by Crippen LogP contribution is -2.30. The van der Waals surface area contributed by atoms with E-state index in [9.17, 15) is 4.79 Å². The Morgan fingerprint density at radius 2 is 2.08 bits per heavy atom. The Labute approximate surface area is 73.0 Å². The van der Waals surface area contributed by atoms with Crippen molar-refractivity contribution >= 4 is 5.97 Å². The number of hydrogen-bond acceptors (Lipinski definition) is 4. The molecule has 0 fully saturated rings. The molecule has 0 amide bonds. The van der Waals surface area contributed by atoms with E-state index in [1.165, 1.54) is 13.2 Å². The lowest BCUT2D eigenvalue weighted by atomic mass is 10.3. The van der Waals surface area contributed by atoms with E-state index in [-0.39, 0.29) is 6.04 Å². The van der Waals surface area contributed by atoms with Crippen molar-refractivity contribution in [2.75, 3.05) is 14.2 Å². The molecule has 4 nitrogen and oxygen atoms in total. The molecule has 0 radical (unpaired) electrons. The standard InChI is InChI=1S/C8H16N2O2/c1-6(2)10(3)7(9)5-8(11)12-4/h5-6H,9H2,1-4H3. The second-order valence-corrected chi connectivity index (χ2v) is 2.80. The maximum Gasteiger partial charge on any atom is 0.334 e. The summed E-state index contributed by atoms with van der Waals surface area (Å²) in [6.07, 6.45) is 1.26. The van der Waals surface area contributed by atoms with Crippen molar-refractivity contribution in [2.24, 2.45) is 5.73 Å². The van der Waals surface area contributed by atoms with Crippen molar-refractivity contribution in [3.63, 3.8) is 0 Å². The van der Waals surface area contributed by atoms with Crippen LogP contribution in [0.3, 0.4) is 0 Å². The number of ether oxygens (including phenoxy) is 1. The number of carbonyl (C=O) groups excluding carboxylic acids is 1. The predicted molar refractivity (Wildman–Crippen MR) is 47.2 cm³/mol.